The normalized spacial score (nSPS) is 17.8. The van der Waals surface area contributed by atoms with E-state index in [1.807, 2.05) is 24.3 Å². The van der Waals surface area contributed by atoms with E-state index in [1.54, 1.807) is 0 Å². The Kier molecular flexibility index (Phi) is 5.12. The van der Waals surface area contributed by atoms with E-state index >= 15 is 0 Å². The van der Waals surface area contributed by atoms with Crippen LogP contribution >= 0.6 is 0 Å². The lowest BCUT2D eigenvalue weighted by molar-refractivity contribution is -0.122. The summed E-state index contributed by atoms with van der Waals surface area (Å²) in [6, 6.07) is 7.49. The highest BCUT2D eigenvalue weighted by molar-refractivity contribution is 5.88. The number of benzene rings is 1. The summed E-state index contributed by atoms with van der Waals surface area (Å²) in [5.41, 5.74) is 1.79. The van der Waals surface area contributed by atoms with Gasteiger partial charge in [0.2, 0.25) is 11.8 Å². The molecule has 2 amide bonds. The number of amides is 2. The van der Waals surface area contributed by atoms with Gasteiger partial charge in [0.15, 0.2) is 0 Å². The van der Waals surface area contributed by atoms with E-state index in [9.17, 15) is 9.59 Å². The molecule has 3 N–H and O–H groups in total. The molecule has 1 aliphatic heterocycles. The van der Waals surface area contributed by atoms with Gasteiger partial charge in [0.25, 0.3) is 0 Å². The molecule has 0 bridgehead atoms. The van der Waals surface area contributed by atoms with E-state index < -0.39 is 0 Å². The lowest BCUT2D eigenvalue weighted by atomic mass is 10.0. The fourth-order valence-corrected chi connectivity index (χ4v) is 2.33. The van der Waals surface area contributed by atoms with Gasteiger partial charge < -0.3 is 16.0 Å². The minimum Gasteiger partial charge on any atom is -0.352 e. The number of anilines is 1. The molecule has 0 aliphatic carbocycles. The van der Waals surface area contributed by atoms with Gasteiger partial charge in [-0.25, -0.2) is 0 Å². The van der Waals surface area contributed by atoms with Crippen LogP contribution in [0.4, 0.5) is 5.69 Å². The molecule has 20 heavy (non-hydrogen) atoms. The van der Waals surface area contributed by atoms with E-state index in [0.717, 1.165) is 30.8 Å². The lowest BCUT2D eigenvalue weighted by Crippen LogP contribution is -2.25. The van der Waals surface area contributed by atoms with E-state index in [-0.39, 0.29) is 11.8 Å². The average molecular weight is 275 g/mol. The van der Waals surface area contributed by atoms with Gasteiger partial charge in [-0.2, -0.15) is 0 Å². The van der Waals surface area contributed by atoms with Crippen LogP contribution in [0.3, 0.4) is 0 Å². The largest absolute Gasteiger partial charge is 0.352 e. The third-order valence-corrected chi connectivity index (χ3v) is 3.40. The summed E-state index contributed by atoms with van der Waals surface area (Å²) in [5, 5.41) is 8.90. The Labute approximate surface area is 119 Å². The first-order valence-corrected chi connectivity index (χ1v) is 6.97. The molecule has 0 radical (unpaired) electrons. The van der Waals surface area contributed by atoms with E-state index in [4.69, 9.17) is 0 Å². The van der Waals surface area contributed by atoms with Crippen molar-refractivity contribution in [2.75, 3.05) is 18.4 Å². The molecule has 1 atom stereocenters. The van der Waals surface area contributed by atoms with Gasteiger partial charge in [-0.1, -0.05) is 12.1 Å². The number of carbonyl (C=O) groups is 2. The first-order valence-electron chi connectivity index (χ1n) is 6.97. The van der Waals surface area contributed by atoms with Crippen LogP contribution in [0.15, 0.2) is 24.3 Å². The Balaban J connectivity index is 1.75. The molecule has 5 nitrogen and oxygen atoms in total. The molecule has 0 aromatic heterocycles. The fraction of sp³-hybridized carbons (Fsp3) is 0.467. The van der Waals surface area contributed by atoms with Crippen molar-refractivity contribution < 1.29 is 9.59 Å². The van der Waals surface area contributed by atoms with Gasteiger partial charge >= 0.3 is 0 Å². The van der Waals surface area contributed by atoms with Crippen LogP contribution in [0.25, 0.3) is 0 Å². The summed E-state index contributed by atoms with van der Waals surface area (Å²) in [7, 11) is 0. The minimum atomic E-state index is -0.0868. The number of rotatable bonds is 5. The molecule has 1 aliphatic rings. The van der Waals surface area contributed by atoms with Crippen LogP contribution in [0.5, 0.6) is 0 Å². The Bertz CT molecular complexity index is 465. The highest BCUT2D eigenvalue weighted by Gasteiger charge is 2.17. The van der Waals surface area contributed by atoms with Crippen LogP contribution in [-0.4, -0.2) is 24.9 Å². The van der Waals surface area contributed by atoms with E-state index in [2.05, 4.69) is 16.0 Å². The van der Waals surface area contributed by atoms with Crippen molar-refractivity contribution in [3.63, 3.8) is 0 Å². The van der Waals surface area contributed by atoms with Crippen LogP contribution < -0.4 is 16.0 Å². The van der Waals surface area contributed by atoms with Crippen molar-refractivity contribution in [2.45, 2.75) is 26.3 Å². The maximum Gasteiger partial charge on any atom is 0.221 e. The molecule has 1 heterocycles. The van der Waals surface area contributed by atoms with Crippen molar-refractivity contribution in [1.82, 2.24) is 10.6 Å². The highest BCUT2D eigenvalue weighted by atomic mass is 16.2. The van der Waals surface area contributed by atoms with Gasteiger partial charge in [-0.3, -0.25) is 9.59 Å². The van der Waals surface area contributed by atoms with Gasteiger partial charge in [-0.15, -0.1) is 0 Å². The number of nitrogens with one attached hydrogen (secondary N) is 3. The van der Waals surface area contributed by atoms with Crippen molar-refractivity contribution >= 4 is 17.5 Å². The molecule has 108 valence electrons. The summed E-state index contributed by atoms with van der Waals surface area (Å²) in [5.74, 6) is 0.484. The van der Waals surface area contributed by atoms with E-state index in [1.165, 1.54) is 6.92 Å². The summed E-state index contributed by atoms with van der Waals surface area (Å²) < 4.78 is 0. The number of hydrogen-bond donors (Lipinski definition) is 3. The Hall–Kier alpha value is -1.88. The van der Waals surface area contributed by atoms with Gasteiger partial charge in [-0.05, 0) is 43.1 Å². The van der Waals surface area contributed by atoms with Crippen LogP contribution in [0.1, 0.15) is 25.3 Å². The zero-order valence-corrected chi connectivity index (χ0v) is 11.7. The summed E-state index contributed by atoms with van der Waals surface area (Å²) in [6.45, 7) is 3.97. The molecule has 2 rings (SSSR count). The smallest absolute Gasteiger partial charge is 0.221 e. The monoisotopic (exact) mass is 275 g/mol. The standard InChI is InChI=1S/C15H21N3O2/c1-11(19)18-14-4-2-12(3-5-14)10-17-15(20)8-13-6-7-16-9-13/h2-5,13,16H,6-10H2,1H3,(H,17,20)(H,18,19). The van der Waals surface area contributed by atoms with Crippen molar-refractivity contribution in [2.24, 2.45) is 5.92 Å². The zero-order chi connectivity index (χ0) is 14.4. The average Bonchev–Trinajstić information content (AvgIpc) is 2.90. The molecule has 0 spiro atoms. The van der Waals surface area contributed by atoms with E-state index in [0.29, 0.717) is 18.9 Å². The third kappa shape index (κ3) is 4.66. The summed E-state index contributed by atoms with van der Waals surface area (Å²) in [6.07, 6.45) is 1.68. The van der Waals surface area contributed by atoms with Gasteiger partial charge in [0.05, 0.1) is 0 Å². The Morgan fingerprint density at radius 1 is 1.30 bits per heavy atom. The lowest BCUT2D eigenvalue weighted by Gasteiger charge is -2.09. The summed E-state index contributed by atoms with van der Waals surface area (Å²) in [4.78, 5) is 22.7. The van der Waals surface area contributed by atoms with Crippen molar-refractivity contribution in [3.05, 3.63) is 29.8 Å². The quantitative estimate of drug-likeness (QED) is 0.757. The maximum atomic E-state index is 11.8. The Morgan fingerprint density at radius 3 is 2.65 bits per heavy atom. The summed E-state index contributed by atoms with van der Waals surface area (Å²) >= 11 is 0. The molecule has 1 saturated heterocycles. The van der Waals surface area contributed by atoms with Crippen LogP contribution in [-0.2, 0) is 16.1 Å². The number of hydrogen-bond acceptors (Lipinski definition) is 3. The molecular weight excluding hydrogens is 254 g/mol. The molecule has 1 fully saturated rings. The molecule has 1 unspecified atom stereocenters. The zero-order valence-electron chi connectivity index (χ0n) is 11.7. The second-order valence-electron chi connectivity index (χ2n) is 5.22. The SMILES string of the molecule is CC(=O)Nc1ccc(CNC(=O)CC2CCNC2)cc1. The minimum absolute atomic E-state index is 0.0868. The second-order valence-corrected chi connectivity index (χ2v) is 5.22. The molecule has 1 aromatic rings. The van der Waals surface area contributed by atoms with Crippen molar-refractivity contribution in [3.8, 4) is 0 Å². The Morgan fingerprint density at radius 2 is 2.05 bits per heavy atom. The first-order chi connectivity index (χ1) is 9.63. The maximum absolute atomic E-state index is 11.8. The predicted octanol–water partition coefficient (Wildman–Crippen LogP) is 1.26. The highest BCUT2D eigenvalue weighted by Crippen LogP contribution is 2.12. The van der Waals surface area contributed by atoms with Gasteiger partial charge in [0, 0.05) is 25.6 Å². The predicted molar refractivity (Wildman–Crippen MR) is 78.2 cm³/mol. The molecular formula is C15H21N3O2. The number of carbonyl (C=O) groups excluding carboxylic acids is 2. The second kappa shape index (κ2) is 7.05. The van der Waals surface area contributed by atoms with Crippen LogP contribution in [0.2, 0.25) is 0 Å². The fourth-order valence-electron chi connectivity index (χ4n) is 2.33. The van der Waals surface area contributed by atoms with Gasteiger partial charge in [0.1, 0.15) is 0 Å². The molecule has 0 saturated carbocycles. The third-order valence-electron chi connectivity index (χ3n) is 3.40. The topological polar surface area (TPSA) is 70.2 Å². The first kappa shape index (κ1) is 14.5. The van der Waals surface area contributed by atoms with Crippen LogP contribution in [0, 0.1) is 5.92 Å². The molecule has 5 heteroatoms. The van der Waals surface area contributed by atoms with Crippen molar-refractivity contribution in [1.29, 1.82) is 0 Å². The molecule has 1 aromatic carbocycles.